The number of aryl methyl sites for hydroxylation is 3. The zero-order chi connectivity index (χ0) is 21.0. The molecule has 156 valence electrons. The number of carbonyl (C=O) groups is 1. The highest BCUT2D eigenvalue weighted by Crippen LogP contribution is 2.19. The maximum Gasteiger partial charge on any atom is 0.251 e. The average molecular weight is 402 g/mol. The van der Waals surface area contributed by atoms with Gasteiger partial charge in [-0.05, 0) is 60.9 Å². The summed E-state index contributed by atoms with van der Waals surface area (Å²) < 4.78 is 5.83. The number of nitrogens with one attached hydrogen (secondary N) is 1. The Morgan fingerprint density at radius 1 is 0.800 bits per heavy atom. The van der Waals surface area contributed by atoms with E-state index in [9.17, 15) is 4.79 Å². The molecule has 0 unspecified atom stereocenters. The van der Waals surface area contributed by atoms with Crippen LogP contribution < -0.4 is 10.1 Å². The molecule has 3 rings (SSSR count). The summed E-state index contributed by atoms with van der Waals surface area (Å²) >= 11 is 0. The first kappa shape index (κ1) is 21.6. The summed E-state index contributed by atoms with van der Waals surface area (Å²) in [6, 6.07) is 26.5. The molecule has 0 aromatic heterocycles. The van der Waals surface area contributed by atoms with E-state index in [0.29, 0.717) is 6.54 Å². The van der Waals surface area contributed by atoms with Gasteiger partial charge in [0.1, 0.15) is 5.75 Å². The molecule has 30 heavy (non-hydrogen) atoms. The summed E-state index contributed by atoms with van der Waals surface area (Å²) in [5.74, 6) is 0.964. The first-order chi connectivity index (χ1) is 14.8. The molecule has 0 saturated heterocycles. The normalized spacial score (nSPS) is 10.6. The molecule has 0 saturated carbocycles. The summed E-state index contributed by atoms with van der Waals surface area (Å²) in [7, 11) is 0. The van der Waals surface area contributed by atoms with E-state index in [-0.39, 0.29) is 5.91 Å². The largest absolute Gasteiger partial charge is 0.493 e. The molecule has 0 radical (unpaired) electrons. The first-order valence-corrected chi connectivity index (χ1v) is 10.9. The van der Waals surface area contributed by atoms with Crippen LogP contribution in [-0.4, -0.2) is 19.1 Å². The summed E-state index contributed by atoms with van der Waals surface area (Å²) in [5, 5.41) is 3.09. The van der Waals surface area contributed by atoms with E-state index in [1.165, 1.54) is 11.1 Å². The van der Waals surface area contributed by atoms with Gasteiger partial charge in [0.05, 0.1) is 6.61 Å². The van der Waals surface area contributed by atoms with Crippen LogP contribution in [0.25, 0.3) is 0 Å². The number of hydrogen-bond donors (Lipinski definition) is 1. The van der Waals surface area contributed by atoms with Gasteiger partial charge in [-0.25, -0.2) is 0 Å². The van der Waals surface area contributed by atoms with E-state index >= 15 is 0 Å². The van der Waals surface area contributed by atoms with Crippen LogP contribution in [0, 0.1) is 0 Å². The SMILES string of the molecule is CCCOc1ccccc1CCCNC(=O)c1ccccc1CCc1ccccc1. The lowest BCUT2D eigenvalue weighted by Gasteiger charge is -2.12. The summed E-state index contributed by atoms with van der Waals surface area (Å²) in [6.07, 6.45) is 4.55. The summed E-state index contributed by atoms with van der Waals surface area (Å²) in [5.41, 5.74) is 4.36. The zero-order valence-electron chi connectivity index (χ0n) is 17.8. The highest BCUT2D eigenvalue weighted by molar-refractivity contribution is 5.95. The maximum absolute atomic E-state index is 12.8. The molecule has 0 aliphatic carbocycles. The predicted octanol–water partition coefficient (Wildman–Crippen LogP) is 5.62. The maximum atomic E-state index is 12.8. The van der Waals surface area contributed by atoms with Gasteiger partial charge in [0.25, 0.3) is 5.91 Å². The Hall–Kier alpha value is -3.07. The van der Waals surface area contributed by atoms with Crippen LogP contribution in [0.1, 0.15) is 46.8 Å². The quantitative estimate of drug-likeness (QED) is 0.423. The fraction of sp³-hybridized carbons (Fsp3) is 0.296. The fourth-order valence-corrected chi connectivity index (χ4v) is 3.52. The minimum Gasteiger partial charge on any atom is -0.493 e. The predicted molar refractivity (Wildman–Crippen MR) is 123 cm³/mol. The van der Waals surface area contributed by atoms with E-state index in [4.69, 9.17) is 4.74 Å². The number of hydrogen-bond acceptors (Lipinski definition) is 2. The second-order valence-electron chi connectivity index (χ2n) is 7.46. The summed E-state index contributed by atoms with van der Waals surface area (Å²) in [4.78, 5) is 12.8. The van der Waals surface area contributed by atoms with E-state index in [1.807, 2.05) is 42.5 Å². The smallest absolute Gasteiger partial charge is 0.251 e. The lowest BCUT2D eigenvalue weighted by molar-refractivity contribution is 0.0952. The van der Waals surface area contributed by atoms with Crippen molar-refractivity contribution in [3.05, 3.63) is 101 Å². The van der Waals surface area contributed by atoms with Crippen molar-refractivity contribution in [3.8, 4) is 5.75 Å². The van der Waals surface area contributed by atoms with Crippen molar-refractivity contribution in [3.63, 3.8) is 0 Å². The molecule has 0 aliphatic heterocycles. The van der Waals surface area contributed by atoms with Crippen molar-refractivity contribution >= 4 is 5.91 Å². The Kier molecular flexibility index (Phi) is 8.52. The van der Waals surface area contributed by atoms with Gasteiger partial charge in [-0.1, -0.05) is 73.7 Å². The molecule has 1 amide bonds. The standard InChI is InChI=1S/C27H31NO2/c1-2-21-30-26-17-9-7-14-24(26)15-10-20-28-27(29)25-16-8-6-13-23(25)19-18-22-11-4-3-5-12-22/h3-9,11-14,16-17H,2,10,15,18-21H2,1H3,(H,28,29). The molecular weight excluding hydrogens is 370 g/mol. The van der Waals surface area contributed by atoms with Gasteiger partial charge in [0.2, 0.25) is 0 Å². The Balaban J connectivity index is 1.51. The molecule has 3 aromatic carbocycles. The van der Waals surface area contributed by atoms with Gasteiger partial charge in [-0.3, -0.25) is 4.79 Å². The lowest BCUT2D eigenvalue weighted by atomic mass is 9.99. The highest BCUT2D eigenvalue weighted by Gasteiger charge is 2.11. The van der Waals surface area contributed by atoms with E-state index < -0.39 is 0 Å². The summed E-state index contributed by atoms with van der Waals surface area (Å²) in [6.45, 7) is 3.48. The van der Waals surface area contributed by atoms with Crippen molar-refractivity contribution in [2.45, 2.75) is 39.0 Å². The van der Waals surface area contributed by atoms with Crippen molar-refractivity contribution < 1.29 is 9.53 Å². The molecule has 0 heterocycles. The number of carbonyl (C=O) groups excluding carboxylic acids is 1. The molecule has 3 heteroatoms. The van der Waals surface area contributed by atoms with Gasteiger partial charge in [0, 0.05) is 12.1 Å². The highest BCUT2D eigenvalue weighted by atomic mass is 16.5. The third kappa shape index (κ3) is 6.48. The van der Waals surface area contributed by atoms with E-state index in [2.05, 4.69) is 48.6 Å². The van der Waals surface area contributed by atoms with Gasteiger partial charge in [-0.2, -0.15) is 0 Å². The van der Waals surface area contributed by atoms with Crippen molar-refractivity contribution in [1.29, 1.82) is 0 Å². The van der Waals surface area contributed by atoms with Crippen LogP contribution in [-0.2, 0) is 19.3 Å². The minimum atomic E-state index is 0.00850. The first-order valence-electron chi connectivity index (χ1n) is 10.9. The molecule has 3 nitrogen and oxygen atoms in total. The molecular formula is C27H31NO2. The van der Waals surface area contributed by atoms with Crippen LogP contribution in [0.4, 0.5) is 0 Å². The van der Waals surface area contributed by atoms with Crippen molar-refractivity contribution in [1.82, 2.24) is 5.32 Å². The van der Waals surface area contributed by atoms with Crippen LogP contribution in [0.2, 0.25) is 0 Å². The third-order valence-corrected chi connectivity index (χ3v) is 5.13. The number of para-hydroxylation sites is 1. The number of benzene rings is 3. The second kappa shape index (κ2) is 11.8. The topological polar surface area (TPSA) is 38.3 Å². The van der Waals surface area contributed by atoms with Gasteiger partial charge in [-0.15, -0.1) is 0 Å². The monoisotopic (exact) mass is 401 g/mol. The Morgan fingerprint density at radius 3 is 2.30 bits per heavy atom. The molecule has 0 spiro atoms. The average Bonchev–Trinajstić information content (AvgIpc) is 2.80. The number of rotatable bonds is 11. The van der Waals surface area contributed by atoms with Crippen molar-refractivity contribution in [2.75, 3.05) is 13.2 Å². The molecule has 3 aromatic rings. The zero-order valence-corrected chi connectivity index (χ0v) is 17.8. The van der Waals surface area contributed by atoms with Crippen molar-refractivity contribution in [2.24, 2.45) is 0 Å². The molecule has 0 bridgehead atoms. The van der Waals surface area contributed by atoms with Crippen LogP contribution in [0.5, 0.6) is 5.75 Å². The number of ether oxygens (including phenoxy) is 1. The minimum absolute atomic E-state index is 0.00850. The molecule has 0 fully saturated rings. The van der Waals surface area contributed by atoms with Crippen LogP contribution in [0.3, 0.4) is 0 Å². The second-order valence-corrected chi connectivity index (χ2v) is 7.46. The Labute approximate surface area is 180 Å². The van der Waals surface area contributed by atoms with Gasteiger partial charge >= 0.3 is 0 Å². The molecule has 0 atom stereocenters. The van der Waals surface area contributed by atoms with Gasteiger partial charge in [0.15, 0.2) is 0 Å². The third-order valence-electron chi connectivity index (χ3n) is 5.13. The molecule has 0 aliphatic rings. The number of amides is 1. The molecule has 1 N–H and O–H groups in total. The van der Waals surface area contributed by atoms with Gasteiger partial charge < -0.3 is 10.1 Å². The van der Waals surface area contributed by atoms with E-state index in [0.717, 1.165) is 55.6 Å². The van der Waals surface area contributed by atoms with E-state index in [1.54, 1.807) is 0 Å². The fourth-order valence-electron chi connectivity index (χ4n) is 3.52. The Bertz CT molecular complexity index is 921. The lowest BCUT2D eigenvalue weighted by Crippen LogP contribution is -2.26. The Morgan fingerprint density at radius 2 is 1.50 bits per heavy atom. The van der Waals surface area contributed by atoms with Crippen LogP contribution >= 0.6 is 0 Å². The van der Waals surface area contributed by atoms with Crippen LogP contribution in [0.15, 0.2) is 78.9 Å².